The normalized spacial score (nSPS) is 24.1. The molecule has 1 atom stereocenters. The van der Waals surface area contributed by atoms with E-state index in [1.54, 1.807) is 4.90 Å². The van der Waals surface area contributed by atoms with Crippen molar-refractivity contribution >= 4 is 23.4 Å². The van der Waals surface area contributed by atoms with E-state index < -0.39 is 5.82 Å². The average molecular weight is 339 g/mol. The number of carbonyl (C=O) groups is 2. The minimum absolute atomic E-state index is 0.0964. The fourth-order valence-corrected chi connectivity index (χ4v) is 3.80. The Morgan fingerprint density at radius 2 is 2.00 bits per heavy atom. The standard InChI is InChI=1S/C17H20ClFN2O2/c1-17(2)14(20-16(17)23)10-5-7-21(8-6-10)15(22)12-4-3-11(19)9-13(12)18/h3-4,9-10,14H,5-8H2,1-2H3,(H,20,23)/t14-/m0/s1. The molecule has 0 spiro atoms. The number of nitrogens with zero attached hydrogens (tertiary/aromatic N) is 1. The van der Waals surface area contributed by atoms with Gasteiger partial charge in [0.2, 0.25) is 5.91 Å². The maximum atomic E-state index is 13.1. The molecule has 4 nitrogen and oxygen atoms in total. The van der Waals surface area contributed by atoms with Gasteiger partial charge in [0.15, 0.2) is 0 Å². The summed E-state index contributed by atoms with van der Waals surface area (Å²) in [7, 11) is 0. The second-order valence-corrected chi connectivity index (χ2v) is 7.33. The molecule has 3 rings (SSSR count). The van der Waals surface area contributed by atoms with Gasteiger partial charge in [0.25, 0.3) is 5.91 Å². The van der Waals surface area contributed by atoms with Crippen molar-refractivity contribution in [3.63, 3.8) is 0 Å². The Hall–Kier alpha value is -1.62. The summed E-state index contributed by atoms with van der Waals surface area (Å²) in [5.74, 6) is -0.131. The van der Waals surface area contributed by atoms with Gasteiger partial charge in [-0.15, -0.1) is 0 Å². The minimum Gasteiger partial charge on any atom is -0.351 e. The molecule has 1 N–H and O–H groups in total. The Morgan fingerprint density at radius 3 is 2.52 bits per heavy atom. The number of halogens is 2. The second kappa shape index (κ2) is 5.78. The van der Waals surface area contributed by atoms with Crippen LogP contribution in [0.15, 0.2) is 18.2 Å². The topological polar surface area (TPSA) is 49.4 Å². The number of hydrogen-bond donors (Lipinski definition) is 1. The van der Waals surface area contributed by atoms with Crippen molar-refractivity contribution in [2.75, 3.05) is 13.1 Å². The van der Waals surface area contributed by atoms with Gasteiger partial charge in [-0.3, -0.25) is 9.59 Å². The zero-order valence-electron chi connectivity index (χ0n) is 13.2. The molecule has 0 aliphatic carbocycles. The number of nitrogens with one attached hydrogen (secondary N) is 1. The number of amides is 2. The Labute approximate surface area is 140 Å². The molecule has 2 fully saturated rings. The van der Waals surface area contributed by atoms with Crippen LogP contribution in [0, 0.1) is 17.2 Å². The van der Waals surface area contributed by atoms with E-state index in [0.29, 0.717) is 24.6 Å². The van der Waals surface area contributed by atoms with Gasteiger partial charge in [-0.05, 0) is 50.8 Å². The maximum Gasteiger partial charge on any atom is 0.255 e. The number of likely N-dealkylation sites (tertiary alicyclic amines) is 1. The van der Waals surface area contributed by atoms with Gasteiger partial charge >= 0.3 is 0 Å². The van der Waals surface area contributed by atoms with E-state index in [0.717, 1.165) is 18.9 Å². The monoisotopic (exact) mass is 338 g/mol. The molecule has 0 unspecified atom stereocenters. The first-order valence-corrected chi connectivity index (χ1v) is 8.24. The molecule has 0 bridgehead atoms. The van der Waals surface area contributed by atoms with Crippen LogP contribution in [0.4, 0.5) is 4.39 Å². The van der Waals surface area contributed by atoms with Crippen molar-refractivity contribution in [1.29, 1.82) is 0 Å². The Kier molecular flexibility index (Phi) is 4.08. The van der Waals surface area contributed by atoms with Gasteiger partial charge in [0.1, 0.15) is 5.82 Å². The summed E-state index contributed by atoms with van der Waals surface area (Å²) >= 11 is 5.97. The smallest absolute Gasteiger partial charge is 0.255 e. The molecule has 2 aliphatic heterocycles. The van der Waals surface area contributed by atoms with E-state index in [1.165, 1.54) is 12.1 Å². The van der Waals surface area contributed by atoms with Crippen LogP contribution in [0.25, 0.3) is 0 Å². The van der Waals surface area contributed by atoms with Gasteiger partial charge in [0.05, 0.1) is 16.0 Å². The van der Waals surface area contributed by atoms with Crippen LogP contribution in [0.5, 0.6) is 0 Å². The predicted molar refractivity (Wildman–Crippen MR) is 85.7 cm³/mol. The van der Waals surface area contributed by atoms with Crippen LogP contribution < -0.4 is 5.32 Å². The molecule has 2 amide bonds. The average Bonchev–Trinajstić information content (AvgIpc) is 2.52. The minimum atomic E-state index is -0.451. The van der Waals surface area contributed by atoms with Gasteiger partial charge in [-0.1, -0.05) is 11.6 Å². The number of piperidine rings is 1. The van der Waals surface area contributed by atoms with Gasteiger partial charge in [-0.25, -0.2) is 4.39 Å². The highest BCUT2D eigenvalue weighted by atomic mass is 35.5. The zero-order chi connectivity index (χ0) is 16.8. The molecule has 2 saturated heterocycles. The Morgan fingerprint density at radius 1 is 1.35 bits per heavy atom. The van der Waals surface area contributed by atoms with Crippen LogP contribution in [-0.2, 0) is 4.79 Å². The molecule has 124 valence electrons. The van der Waals surface area contributed by atoms with E-state index >= 15 is 0 Å². The SMILES string of the molecule is CC1(C)C(=O)N[C@H]1C1CCN(C(=O)c2ccc(F)cc2Cl)CC1. The molecule has 2 aliphatic rings. The number of benzene rings is 1. The van der Waals surface area contributed by atoms with Gasteiger partial charge in [0, 0.05) is 19.1 Å². The lowest BCUT2D eigenvalue weighted by molar-refractivity contribution is -0.146. The number of β-lactam (4-membered cyclic amide) rings is 1. The van der Waals surface area contributed by atoms with Crippen molar-refractivity contribution in [3.8, 4) is 0 Å². The third-order valence-corrected chi connectivity index (χ3v) is 5.42. The summed E-state index contributed by atoms with van der Waals surface area (Å²) in [4.78, 5) is 25.9. The van der Waals surface area contributed by atoms with Crippen LogP contribution >= 0.6 is 11.6 Å². The summed E-state index contributed by atoms with van der Waals surface area (Å²) in [6.07, 6.45) is 1.69. The molecule has 1 aromatic rings. The van der Waals surface area contributed by atoms with Crippen molar-refractivity contribution in [2.45, 2.75) is 32.7 Å². The molecular weight excluding hydrogens is 319 g/mol. The first-order valence-electron chi connectivity index (χ1n) is 7.86. The van der Waals surface area contributed by atoms with E-state index in [4.69, 9.17) is 11.6 Å². The lowest BCUT2D eigenvalue weighted by Crippen LogP contribution is -2.68. The Bertz CT molecular complexity index is 654. The van der Waals surface area contributed by atoms with E-state index in [2.05, 4.69) is 5.32 Å². The maximum absolute atomic E-state index is 13.1. The van der Waals surface area contributed by atoms with Crippen LogP contribution in [0.1, 0.15) is 37.0 Å². The highest BCUT2D eigenvalue weighted by Gasteiger charge is 2.51. The largest absolute Gasteiger partial charge is 0.351 e. The molecule has 2 heterocycles. The summed E-state index contributed by atoms with van der Waals surface area (Å²) < 4.78 is 13.1. The summed E-state index contributed by atoms with van der Waals surface area (Å²) in [6.45, 7) is 5.18. The zero-order valence-corrected chi connectivity index (χ0v) is 14.0. The van der Waals surface area contributed by atoms with E-state index in [-0.39, 0.29) is 28.3 Å². The fourth-order valence-electron chi connectivity index (χ4n) is 3.55. The fraction of sp³-hybridized carbons (Fsp3) is 0.529. The van der Waals surface area contributed by atoms with Crippen LogP contribution in [0.3, 0.4) is 0 Å². The van der Waals surface area contributed by atoms with E-state index in [1.807, 2.05) is 13.8 Å². The van der Waals surface area contributed by atoms with Crippen LogP contribution in [0.2, 0.25) is 5.02 Å². The molecule has 1 aromatic carbocycles. The highest BCUT2D eigenvalue weighted by molar-refractivity contribution is 6.33. The summed E-state index contributed by atoms with van der Waals surface area (Å²) in [5, 5.41) is 3.13. The summed E-state index contributed by atoms with van der Waals surface area (Å²) in [5.41, 5.74) is 0.0145. The molecule has 0 saturated carbocycles. The number of hydrogen-bond acceptors (Lipinski definition) is 2. The molecular formula is C17H20ClFN2O2. The summed E-state index contributed by atoms with van der Waals surface area (Å²) in [6, 6.07) is 4.02. The van der Waals surface area contributed by atoms with Crippen molar-refractivity contribution in [1.82, 2.24) is 10.2 Å². The van der Waals surface area contributed by atoms with Crippen molar-refractivity contribution < 1.29 is 14.0 Å². The van der Waals surface area contributed by atoms with Gasteiger partial charge in [-0.2, -0.15) is 0 Å². The Balaban J connectivity index is 1.63. The molecule has 6 heteroatoms. The third kappa shape index (κ3) is 2.82. The predicted octanol–water partition coefficient (Wildman–Crippen LogP) is 2.86. The van der Waals surface area contributed by atoms with Crippen molar-refractivity contribution in [3.05, 3.63) is 34.6 Å². The van der Waals surface area contributed by atoms with Crippen molar-refractivity contribution in [2.24, 2.45) is 11.3 Å². The lowest BCUT2D eigenvalue weighted by Gasteiger charge is -2.50. The first-order chi connectivity index (χ1) is 10.8. The van der Waals surface area contributed by atoms with E-state index in [9.17, 15) is 14.0 Å². The lowest BCUT2D eigenvalue weighted by atomic mass is 9.68. The van der Waals surface area contributed by atoms with Crippen LogP contribution in [-0.4, -0.2) is 35.8 Å². The molecule has 0 radical (unpaired) electrons. The third-order valence-electron chi connectivity index (χ3n) is 5.11. The molecule has 23 heavy (non-hydrogen) atoms. The highest BCUT2D eigenvalue weighted by Crippen LogP contribution is 2.38. The second-order valence-electron chi connectivity index (χ2n) is 6.93. The first kappa shape index (κ1) is 16.2. The van der Waals surface area contributed by atoms with Gasteiger partial charge < -0.3 is 10.2 Å². The number of carbonyl (C=O) groups excluding carboxylic acids is 2. The number of rotatable bonds is 2. The quantitative estimate of drug-likeness (QED) is 0.843. The molecule has 0 aromatic heterocycles.